The number of nitrogens with one attached hydrogen (secondary N) is 1. The van der Waals surface area contributed by atoms with Crippen molar-refractivity contribution < 1.29 is 0 Å². The van der Waals surface area contributed by atoms with E-state index in [4.69, 9.17) is 0 Å². The first-order valence-corrected chi connectivity index (χ1v) is 8.45. The van der Waals surface area contributed by atoms with E-state index in [0.29, 0.717) is 11.5 Å². The molecule has 114 valence electrons. The third kappa shape index (κ3) is 6.27. The molecular weight excluding hydrogens is 232 g/mol. The van der Waals surface area contributed by atoms with Crippen LogP contribution in [-0.4, -0.2) is 37.1 Å². The smallest absolute Gasteiger partial charge is 0.00475 e. The summed E-state index contributed by atoms with van der Waals surface area (Å²) in [4.78, 5) is 2.70. The van der Waals surface area contributed by atoms with Crippen molar-refractivity contribution in [2.24, 2.45) is 11.3 Å². The molecule has 0 saturated heterocycles. The lowest BCUT2D eigenvalue weighted by Crippen LogP contribution is -2.45. The Labute approximate surface area is 121 Å². The summed E-state index contributed by atoms with van der Waals surface area (Å²) in [6.45, 7) is 16.5. The van der Waals surface area contributed by atoms with Gasteiger partial charge in [-0.15, -0.1) is 0 Å². The van der Waals surface area contributed by atoms with E-state index in [1.165, 1.54) is 51.7 Å². The molecule has 1 fully saturated rings. The molecule has 0 amide bonds. The van der Waals surface area contributed by atoms with Crippen molar-refractivity contribution in [1.82, 2.24) is 10.2 Å². The zero-order valence-electron chi connectivity index (χ0n) is 14.0. The Bertz CT molecular complexity index is 235. The Balaban J connectivity index is 2.47. The predicted molar refractivity (Wildman–Crippen MR) is 85.6 cm³/mol. The van der Waals surface area contributed by atoms with Crippen molar-refractivity contribution >= 4 is 0 Å². The summed E-state index contributed by atoms with van der Waals surface area (Å²) in [5.74, 6) is 0.990. The van der Waals surface area contributed by atoms with E-state index in [2.05, 4.69) is 44.8 Å². The van der Waals surface area contributed by atoms with Crippen molar-refractivity contribution in [2.75, 3.05) is 26.2 Å². The van der Waals surface area contributed by atoms with E-state index in [1.54, 1.807) is 0 Å². The fourth-order valence-electron chi connectivity index (χ4n) is 3.16. The highest BCUT2D eigenvalue weighted by Gasteiger charge is 2.28. The third-order valence-electron chi connectivity index (χ3n) is 4.58. The lowest BCUT2D eigenvalue weighted by atomic mass is 9.82. The van der Waals surface area contributed by atoms with Gasteiger partial charge in [0, 0.05) is 25.7 Å². The largest absolute Gasteiger partial charge is 0.314 e. The SMILES string of the molecule is CCCC(C)(CNC(C)C)CN(CC)CC1CCC1. The van der Waals surface area contributed by atoms with E-state index in [9.17, 15) is 0 Å². The van der Waals surface area contributed by atoms with Gasteiger partial charge in [-0.1, -0.05) is 47.5 Å². The molecule has 2 heteroatoms. The highest BCUT2D eigenvalue weighted by Crippen LogP contribution is 2.29. The summed E-state index contributed by atoms with van der Waals surface area (Å²) in [5.41, 5.74) is 0.429. The number of nitrogens with zero attached hydrogens (tertiary/aromatic N) is 1. The van der Waals surface area contributed by atoms with E-state index < -0.39 is 0 Å². The molecule has 2 nitrogen and oxygen atoms in total. The minimum absolute atomic E-state index is 0.429. The number of rotatable bonds is 10. The minimum atomic E-state index is 0.429. The molecule has 1 saturated carbocycles. The van der Waals surface area contributed by atoms with Crippen LogP contribution in [0.1, 0.15) is 66.7 Å². The van der Waals surface area contributed by atoms with Gasteiger partial charge in [0.1, 0.15) is 0 Å². The molecule has 0 heterocycles. The standard InChI is InChI=1S/C17H36N2/c1-6-11-17(5,13-18-15(3)4)14-19(7-2)12-16-9-8-10-16/h15-16,18H,6-14H2,1-5H3. The van der Waals surface area contributed by atoms with E-state index in [-0.39, 0.29) is 0 Å². The monoisotopic (exact) mass is 268 g/mol. The van der Waals surface area contributed by atoms with Crippen LogP contribution in [0.3, 0.4) is 0 Å². The van der Waals surface area contributed by atoms with Crippen molar-refractivity contribution in [3.63, 3.8) is 0 Å². The second-order valence-corrected chi connectivity index (χ2v) is 7.22. The fourth-order valence-corrected chi connectivity index (χ4v) is 3.16. The van der Waals surface area contributed by atoms with Crippen LogP contribution in [0.4, 0.5) is 0 Å². The van der Waals surface area contributed by atoms with E-state index in [0.717, 1.165) is 12.5 Å². The molecule has 1 aliphatic carbocycles. The van der Waals surface area contributed by atoms with Gasteiger partial charge in [0.15, 0.2) is 0 Å². The molecule has 1 atom stereocenters. The maximum atomic E-state index is 3.65. The normalized spacial score (nSPS) is 19.7. The fraction of sp³-hybridized carbons (Fsp3) is 1.00. The zero-order chi connectivity index (χ0) is 14.3. The van der Waals surface area contributed by atoms with Gasteiger partial charge in [-0.2, -0.15) is 0 Å². The molecule has 0 bridgehead atoms. The zero-order valence-corrected chi connectivity index (χ0v) is 14.0. The minimum Gasteiger partial charge on any atom is -0.314 e. The second-order valence-electron chi connectivity index (χ2n) is 7.22. The quantitative estimate of drug-likeness (QED) is 0.646. The van der Waals surface area contributed by atoms with Crippen molar-refractivity contribution in [1.29, 1.82) is 0 Å². The Hall–Kier alpha value is -0.0800. The summed E-state index contributed by atoms with van der Waals surface area (Å²) in [7, 11) is 0. The topological polar surface area (TPSA) is 15.3 Å². The molecule has 0 aliphatic heterocycles. The molecule has 1 aliphatic rings. The summed E-state index contributed by atoms with van der Waals surface area (Å²) in [5, 5.41) is 3.65. The van der Waals surface area contributed by atoms with Gasteiger partial charge in [-0.25, -0.2) is 0 Å². The average molecular weight is 268 g/mol. The van der Waals surface area contributed by atoms with Crippen LogP contribution in [0, 0.1) is 11.3 Å². The molecule has 1 unspecified atom stereocenters. The number of hydrogen-bond acceptors (Lipinski definition) is 2. The Morgan fingerprint density at radius 3 is 2.37 bits per heavy atom. The molecule has 0 aromatic heterocycles. The third-order valence-corrected chi connectivity index (χ3v) is 4.58. The van der Waals surface area contributed by atoms with E-state index in [1.807, 2.05) is 0 Å². The summed E-state index contributed by atoms with van der Waals surface area (Å²) >= 11 is 0. The Kier molecular flexibility index (Phi) is 7.38. The highest BCUT2D eigenvalue weighted by atomic mass is 15.1. The van der Waals surface area contributed by atoms with Gasteiger partial charge in [0.2, 0.25) is 0 Å². The van der Waals surface area contributed by atoms with Crippen LogP contribution in [0.25, 0.3) is 0 Å². The molecule has 0 aromatic carbocycles. The van der Waals surface area contributed by atoms with Gasteiger partial charge in [0.25, 0.3) is 0 Å². The Morgan fingerprint density at radius 2 is 1.95 bits per heavy atom. The van der Waals surface area contributed by atoms with Gasteiger partial charge in [0.05, 0.1) is 0 Å². The van der Waals surface area contributed by atoms with Gasteiger partial charge < -0.3 is 10.2 Å². The molecule has 1 rings (SSSR count). The van der Waals surface area contributed by atoms with Gasteiger partial charge in [-0.05, 0) is 37.1 Å². The molecule has 19 heavy (non-hydrogen) atoms. The lowest BCUT2D eigenvalue weighted by Gasteiger charge is -2.39. The van der Waals surface area contributed by atoms with Crippen molar-refractivity contribution in [3.05, 3.63) is 0 Å². The maximum Gasteiger partial charge on any atom is 0.00475 e. The van der Waals surface area contributed by atoms with Gasteiger partial charge in [-0.3, -0.25) is 0 Å². The van der Waals surface area contributed by atoms with Crippen LogP contribution >= 0.6 is 0 Å². The molecule has 0 radical (unpaired) electrons. The number of hydrogen-bond donors (Lipinski definition) is 1. The van der Waals surface area contributed by atoms with Gasteiger partial charge >= 0.3 is 0 Å². The van der Waals surface area contributed by atoms with E-state index >= 15 is 0 Å². The molecule has 0 aromatic rings. The molecule has 1 N–H and O–H groups in total. The highest BCUT2D eigenvalue weighted by molar-refractivity contribution is 4.83. The van der Waals surface area contributed by atoms with Crippen LogP contribution in [-0.2, 0) is 0 Å². The van der Waals surface area contributed by atoms with Crippen LogP contribution < -0.4 is 5.32 Å². The van der Waals surface area contributed by atoms with Crippen LogP contribution in [0.5, 0.6) is 0 Å². The predicted octanol–water partition coefficient (Wildman–Crippen LogP) is 3.91. The molecular formula is C17H36N2. The maximum absolute atomic E-state index is 3.65. The molecule has 0 spiro atoms. The summed E-state index contributed by atoms with van der Waals surface area (Å²) < 4.78 is 0. The Morgan fingerprint density at radius 1 is 1.26 bits per heavy atom. The average Bonchev–Trinajstić information content (AvgIpc) is 2.30. The van der Waals surface area contributed by atoms with Crippen LogP contribution in [0.2, 0.25) is 0 Å². The van der Waals surface area contributed by atoms with Crippen molar-refractivity contribution in [2.45, 2.75) is 72.8 Å². The van der Waals surface area contributed by atoms with Crippen LogP contribution in [0.15, 0.2) is 0 Å². The second kappa shape index (κ2) is 8.26. The first kappa shape index (κ1) is 17.0. The first-order chi connectivity index (χ1) is 8.99. The lowest BCUT2D eigenvalue weighted by molar-refractivity contribution is 0.115. The van der Waals surface area contributed by atoms with Crippen molar-refractivity contribution in [3.8, 4) is 0 Å². The summed E-state index contributed by atoms with van der Waals surface area (Å²) in [6, 6.07) is 0.595. The summed E-state index contributed by atoms with van der Waals surface area (Å²) in [6.07, 6.45) is 7.00. The first-order valence-electron chi connectivity index (χ1n) is 8.45.